The Bertz CT molecular complexity index is 344. The number of hydrogen-bond acceptors (Lipinski definition) is 4. The molecule has 0 aromatic carbocycles. The number of aromatic nitrogens is 3. The molecule has 0 radical (unpaired) electrons. The minimum absolute atomic E-state index is 0.511. The Labute approximate surface area is 103 Å². The van der Waals surface area contributed by atoms with Crippen molar-refractivity contribution in [3.05, 3.63) is 5.82 Å². The van der Waals surface area contributed by atoms with Crippen LogP contribution in [0.25, 0.3) is 0 Å². The van der Waals surface area contributed by atoms with Crippen molar-refractivity contribution >= 4 is 5.95 Å². The highest BCUT2D eigenvalue weighted by molar-refractivity contribution is 5.30. The average molecular weight is 237 g/mol. The van der Waals surface area contributed by atoms with E-state index in [0.717, 1.165) is 44.2 Å². The van der Waals surface area contributed by atoms with Crippen LogP contribution >= 0.6 is 0 Å². The molecule has 2 N–H and O–H groups in total. The smallest absolute Gasteiger partial charge is 0.244 e. The summed E-state index contributed by atoms with van der Waals surface area (Å²) in [5, 5.41) is 10.9. The van der Waals surface area contributed by atoms with E-state index in [0.29, 0.717) is 12.0 Å². The second-order valence-corrected chi connectivity index (χ2v) is 4.84. The predicted molar refractivity (Wildman–Crippen MR) is 69.4 cm³/mol. The van der Waals surface area contributed by atoms with E-state index < -0.39 is 0 Å². The molecule has 1 aromatic rings. The molecule has 5 heteroatoms. The third-order valence-corrected chi connectivity index (χ3v) is 3.51. The largest absolute Gasteiger partial charge is 0.337 e. The Hall–Kier alpha value is -1.10. The molecule has 0 saturated carbocycles. The highest BCUT2D eigenvalue weighted by atomic mass is 15.4. The minimum Gasteiger partial charge on any atom is -0.337 e. The SMILES string of the molecule is CCC(CC)c1nc(N2CCN[C@@H](C)C2)n[nH]1. The van der Waals surface area contributed by atoms with Gasteiger partial charge in [0.2, 0.25) is 5.95 Å². The van der Waals surface area contributed by atoms with Gasteiger partial charge < -0.3 is 10.2 Å². The molecule has 1 aliphatic heterocycles. The van der Waals surface area contributed by atoms with Crippen molar-refractivity contribution in [2.24, 2.45) is 0 Å². The Morgan fingerprint density at radius 3 is 2.82 bits per heavy atom. The highest BCUT2D eigenvalue weighted by Crippen LogP contribution is 2.21. The number of rotatable bonds is 4. The number of piperazine rings is 1. The summed E-state index contributed by atoms with van der Waals surface area (Å²) in [4.78, 5) is 6.90. The first-order valence-corrected chi connectivity index (χ1v) is 6.65. The summed E-state index contributed by atoms with van der Waals surface area (Å²) in [6, 6.07) is 0.513. The fourth-order valence-electron chi connectivity index (χ4n) is 2.38. The van der Waals surface area contributed by atoms with Crippen molar-refractivity contribution in [1.29, 1.82) is 0 Å². The zero-order chi connectivity index (χ0) is 12.3. The van der Waals surface area contributed by atoms with Crippen molar-refractivity contribution in [2.45, 2.75) is 45.6 Å². The lowest BCUT2D eigenvalue weighted by Crippen LogP contribution is -2.49. The second-order valence-electron chi connectivity index (χ2n) is 4.84. The molecule has 0 unspecified atom stereocenters. The van der Waals surface area contributed by atoms with E-state index in [1.165, 1.54) is 0 Å². The highest BCUT2D eigenvalue weighted by Gasteiger charge is 2.20. The number of aromatic amines is 1. The summed E-state index contributed by atoms with van der Waals surface area (Å²) in [6.45, 7) is 9.58. The Morgan fingerprint density at radius 1 is 1.41 bits per heavy atom. The van der Waals surface area contributed by atoms with Crippen LogP contribution in [0, 0.1) is 0 Å². The molecule has 1 saturated heterocycles. The van der Waals surface area contributed by atoms with Crippen LogP contribution in [0.1, 0.15) is 45.4 Å². The molecule has 1 aromatic heterocycles. The molecule has 2 heterocycles. The summed E-state index contributed by atoms with van der Waals surface area (Å²) < 4.78 is 0. The maximum absolute atomic E-state index is 4.64. The van der Waals surface area contributed by atoms with Crippen molar-refractivity contribution in [1.82, 2.24) is 20.5 Å². The average Bonchev–Trinajstić information content (AvgIpc) is 2.80. The van der Waals surface area contributed by atoms with Gasteiger partial charge in [-0.15, -0.1) is 5.10 Å². The molecule has 2 rings (SSSR count). The molecule has 1 aliphatic rings. The Kier molecular flexibility index (Phi) is 3.99. The molecule has 0 bridgehead atoms. The summed E-state index contributed by atoms with van der Waals surface area (Å²) in [7, 11) is 0. The van der Waals surface area contributed by atoms with Crippen LogP contribution in [0.3, 0.4) is 0 Å². The van der Waals surface area contributed by atoms with E-state index in [9.17, 15) is 0 Å². The lowest BCUT2D eigenvalue weighted by atomic mass is 10.0. The van der Waals surface area contributed by atoms with Crippen molar-refractivity contribution < 1.29 is 0 Å². The molecule has 0 aliphatic carbocycles. The van der Waals surface area contributed by atoms with Crippen LogP contribution in [0.4, 0.5) is 5.95 Å². The van der Waals surface area contributed by atoms with Crippen LogP contribution in [-0.4, -0.2) is 40.9 Å². The van der Waals surface area contributed by atoms with E-state index >= 15 is 0 Å². The molecule has 1 atom stereocenters. The second kappa shape index (κ2) is 5.49. The summed E-state index contributed by atoms with van der Waals surface area (Å²) >= 11 is 0. The van der Waals surface area contributed by atoms with Gasteiger partial charge in [-0.05, 0) is 19.8 Å². The number of nitrogens with zero attached hydrogens (tertiary/aromatic N) is 3. The summed E-state index contributed by atoms with van der Waals surface area (Å²) in [5.74, 6) is 2.41. The maximum atomic E-state index is 4.64. The van der Waals surface area contributed by atoms with Crippen LogP contribution in [-0.2, 0) is 0 Å². The molecule has 0 spiro atoms. The van der Waals surface area contributed by atoms with E-state index in [1.54, 1.807) is 0 Å². The van der Waals surface area contributed by atoms with Crippen LogP contribution in [0.2, 0.25) is 0 Å². The lowest BCUT2D eigenvalue weighted by molar-refractivity contribution is 0.479. The van der Waals surface area contributed by atoms with Gasteiger partial charge in [-0.3, -0.25) is 5.10 Å². The standard InChI is InChI=1S/C12H23N5/c1-4-10(5-2)11-14-12(16-15-11)17-7-6-13-9(3)8-17/h9-10,13H,4-8H2,1-3H3,(H,14,15,16)/t9-/m0/s1. The van der Waals surface area contributed by atoms with Crippen LogP contribution in [0.5, 0.6) is 0 Å². The fourth-order valence-corrected chi connectivity index (χ4v) is 2.38. The van der Waals surface area contributed by atoms with Gasteiger partial charge in [-0.2, -0.15) is 4.98 Å². The molecular formula is C12H23N5. The van der Waals surface area contributed by atoms with Crippen molar-refractivity contribution in [3.8, 4) is 0 Å². The van der Waals surface area contributed by atoms with Gasteiger partial charge in [0.1, 0.15) is 5.82 Å². The molecule has 0 amide bonds. The number of H-pyrrole nitrogens is 1. The predicted octanol–water partition coefficient (Wildman–Crippen LogP) is 1.51. The molecule has 1 fully saturated rings. The van der Waals surface area contributed by atoms with Gasteiger partial charge in [0.25, 0.3) is 0 Å². The Morgan fingerprint density at radius 2 is 2.18 bits per heavy atom. The molecule has 96 valence electrons. The van der Waals surface area contributed by atoms with Gasteiger partial charge in [-0.25, -0.2) is 0 Å². The molecule has 17 heavy (non-hydrogen) atoms. The zero-order valence-corrected chi connectivity index (χ0v) is 11.0. The normalized spacial score (nSPS) is 21.2. The lowest BCUT2D eigenvalue weighted by Gasteiger charge is -2.30. The van der Waals surface area contributed by atoms with E-state index in [2.05, 4.69) is 46.2 Å². The monoisotopic (exact) mass is 237 g/mol. The third-order valence-electron chi connectivity index (χ3n) is 3.51. The topological polar surface area (TPSA) is 56.8 Å². The maximum Gasteiger partial charge on any atom is 0.244 e. The van der Waals surface area contributed by atoms with Gasteiger partial charge in [0.05, 0.1) is 0 Å². The van der Waals surface area contributed by atoms with Crippen LogP contribution in [0.15, 0.2) is 0 Å². The van der Waals surface area contributed by atoms with Gasteiger partial charge >= 0.3 is 0 Å². The van der Waals surface area contributed by atoms with Crippen molar-refractivity contribution in [3.63, 3.8) is 0 Å². The fraction of sp³-hybridized carbons (Fsp3) is 0.833. The van der Waals surface area contributed by atoms with Gasteiger partial charge in [0, 0.05) is 31.6 Å². The first-order chi connectivity index (χ1) is 8.24. The van der Waals surface area contributed by atoms with Crippen LogP contribution < -0.4 is 10.2 Å². The van der Waals surface area contributed by atoms with E-state index in [1.807, 2.05) is 0 Å². The number of hydrogen-bond donors (Lipinski definition) is 2. The van der Waals surface area contributed by atoms with E-state index in [-0.39, 0.29) is 0 Å². The summed E-state index contributed by atoms with van der Waals surface area (Å²) in [5.41, 5.74) is 0. The number of nitrogens with one attached hydrogen (secondary N) is 2. The van der Waals surface area contributed by atoms with Gasteiger partial charge in [0.15, 0.2) is 0 Å². The molecule has 5 nitrogen and oxygen atoms in total. The first kappa shape index (κ1) is 12.4. The number of anilines is 1. The summed E-state index contributed by atoms with van der Waals surface area (Å²) in [6.07, 6.45) is 2.23. The minimum atomic E-state index is 0.511. The quantitative estimate of drug-likeness (QED) is 0.833. The van der Waals surface area contributed by atoms with E-state index in [4.69, 9.17) is 0 Å². The van der Waals surface area contributed by atoms with Crippen molar-refractivity contribution in [2.75, 3.05) is 24.5 Å². The van der Waals surface area contributed by atoms with Gasteiger partial charge in [-0.1, -0.05) is 13.8 Å². The molecular weight excluding hydrogens is 214 g/mol. The zero-order valence-electron chi connectivity index (χ0n) is 11.0. The first-order valence-electron chi connectivity index (χ1n) is 6.65. The third kappa shape index (κ3) is 2.77. The Balaban J connectivity index is 2.06.